The van der Waals surface area contributed by atoms with Gasteiger partial charge in [-0.15, -0.1) is 0 Å². The fourth-order valence-corrected chi connectivity index (χ4v) is 4.64. The number of hydrogen-bond donors (Lipinski definition) is 1. The molecule has 1 aliphatic carbocycles. The Bertz CT molecular complexity index is 621. The zero-order chi connectivity index (χ0) is 16.5. The number of sulfonamides is 1. The van der Waals surface area contributed by atoms with E-state index in [1.165, 1.54) is 0 Å². The van der Waals surface area contributed by atoms with Crippen LogP contribution in [0.25, 0.3) is 0 Å². The van der Waals surface area contributed by atoms with Crippen LogP contribution in [0.5, 0.6) is 0 Å². The third-order valence-corrected chi connectivity index (χ3v) is 6.58. The van der Waals surface area contributed by atoms with Gasteiger partial charge in [-0.2, -0.15) is 0 Å². The van der Waals surface area contributed by atoms with Gasteiger partial charge in [0.15, 0.2) is 0 Å². The van der Waals surface area contributed by atoms with Gasteiger partial charge in [0.2, 0.25) is 10.0 Å². The lowest BCUT2D eigenvalue weighted by molar-refractivity contribution is 0.166. The second kappa shape index (κ2) is 6.32. The van der Waals surface area contributed by atoms with Crippen LogP contribution in [-0.2, 0) is 10.0 Å². The molecule has 0 bridgehead atoms. The van der Waals surface area contributed by atoms with E-state index >= 15 is 0 Å². The third kappa shape index (κ3) is 4.11. The van der Waals surface area contributed by atoms with Crippen LogP contribution >= 0.6 is 0 Å². The predicted molar refractivity (Wildman–Crippen MR) is 91.4 cm³/mol. The van der Waals surface area contributed by atoms with E-state index in [4.69, 9.17) is 0 Å². The first-order valence-electron chi connectivity index (χ1n) is 8.19. The van der Waals surface area contributed by atoms with Crippen LogP contribution in [0.2, 0.25) is 0 Å². The van der Waals surface area contributed by atoms with E-state index in [0.717, 1.165) is 36.8 Å². The monoisotopic (exact) mass is 323 g/mol. The van der Waals surface area contributed by atoms with Crippen LogP contribution < -0.4 is 4.72 Å². The molecule has 4 heteroatoms. The number of hydrogen-bond acceptors (Lipinski definition) is 2. The van der Waals surface area contributed by atoms with Gasteiger partial charge in [0.05, 0.1) is 4.90 Å². The van der Waals surface area contributed by atoms with Gasteiger partial charge in [-0.1, -0.05) is 26.8 Å². The average Bonchev–Trinajstić information content (AvgIpc) is 2.41. The van der Waals surface area contributed by atoms with Gasteiger partial charge in [0.1, 0.15) is 0 Å². The first-order valence-corrected chi connectivity index (χ1v) is 9.67. The first-order chi connectivity index (χ1) is 10.1. The highest BCUT2D eigenvalue weighted by atomic mass is 32.2. The SMILES string of the molecule is Cc1ccc(S(=O)(=O)NC2CCC(C(C)(C)C)CC2)cc1C. The van der Waals surface area contributed by atoms with E-state index in [1.807, 2.05) is 19.9 Å². The second-order valence-corrected chi connectivity index (χ2v) is 9.50. The van der Waals surface area contributed by atoms with E-state index in [0.29, 0.717) is 16.2 Å². The van der Waals surface area contributed by atoms with E-state index in [2.05, 4.69) is 25.5 Å². The number of benzene rings is 1. The van der Waals surface area contributed by atoms with Crippen molar-refractivity contribution in [2.24, 2.45) is 11.3 Å². The van der Waals surface area contributed by atoms with Crippen molar-refractivity contribution in [3.63, 3.8) is 0 Å². The van der Waals surface area contributed by atoms with Crippen LogP contribution in [-0.4, -0.2) is 14.5 Å². The third-order valence-electron chi connectivity index (χ3n) is 5.06. The van der Waals surface area contributed by atoms with Crippen molar-refractivity contribution in [1.29, 1.82) is 0 Å². The van der Waals surface area contributed by atoms with Gasteiger partial charge in [0, 0.05) is 6.04 Å². The summed E-state index contributed by atoms with van der Waals surface area (Å²) >= 11 is 0. The van der Waals surface area contributed by atoms with Crippen molar-refractivity contribution in [2.45, 2.75) is 71.2 Å². The fourth-order valence-electron chi connectivity index (χ4n) is 3.25. The molecular weight excluding hydrogens is 294 g/mol. The lowest BCUT2D eigenvalue weighted by atomic mass is 9.71. The summed E-state index contributed by atoms with van der Waals surface area (Å²) in [6.45, 7) is 10.8. The molecule has 1 aromatic carbocycles. The number of nitrogens with one attached hydrogen (secondary N) is 1. The molecule has 1 aromatic rings. The summed E-state index contributed by atoms with van der Waals surface area (Å²) in [4.78, 5) is 0.383. The summed E-state index contributed by atoms with van der Waals surface area (Å²) in [5, 5.41) is 0. The largest absolute Gasteiger partial charge is 0.240 e. The van der Waals surface area contributed by atoms with Crippen LogP contribution in [0.3, 0.4) is 0 Å². The quantitative estimate of drug-likeness (QED) is 0.906. The summed E-state index contributed by atoms with van der Waals surface area (Å²) < 4.78 is 28.0. The van der Waals surface area contributed by atoms with Gasteiger partial charge in [-0.25, -0.2) is 13.1 Å². The predicted octanol–water partition coefficient (Wildman–Crippen LogP) is 4.19. The Labute approximate surface area is 135 Å². The van der Waals surface area contributed by atoms with E-state index in [9.17, 15) is 8.42 Å². The molecule has 124 valence electrons. The Kier molecular flexibility index (Phi) is 5.03. The number of aryl methyl sites for hydroxylation is 2. The maximum absolute atomic E-state index is 12.5. The molecule has 0 heterocycles. The molecule has 1 N–H and O–H groups in total. The van der Waals surface area contributed by atoms with Gasteiger partial charge >= 0.3 is 0 Å². The molecule has 3 nitrogen and oxygen atoms in total. The highest BCUT2D eigenvalue weighted by molar-refractivity contribution is 7.89. The molecule has 2 rings (SSSR count). The summed E-state index contributed by atoms with van der Waals surface area (Å²) in [5.74, 6) is 0.690. The molecule has 0 unspecified atom stereocenters. The van der Waals surface area contributed by atoms with Crippen molar-refractivity contribution < 1.29 is 8.42 Å². The Hall–Kier alpha value is -0.870. The van der Waals surface area contributed by atoms with E-state index in [1.54, 1.807) is 12.1 Å². The van der Waals surface area contributed by atoms with Crippen LogP contribution in [0.4, 0.5) is 0 Å². The van der Waals surface area contributed by atoms with Crippen LogP contribution in [0.1, 0.15) is 57.6 Å². The Balaban J connectivity index is 2.03. The fraction of sp³-hybridized carbons (Fsp3) is 0.667. The highest BCUT2D eigenvalue weighted by Gasteiger charge is 2.31. The van der Waals surface area contributed by atoms with Crippen molar-refractivity contribution in [3.8, 4) is 0 Å². The Morgan fingerprint density at radius 3 is 2.09 bits per heavy atom. The molecule has 1 fully saturated rings. The summed E-state index contributed by atoms with van der Waals surface area (Å²) in [5.41, 5.74) is 2.45. The van der Waals surface area contributed by atoms with Crippen LogP contribution in [0, 0.1) is 25.2 Å². The smallest absolute Gasteiger partial charge is 0.208 e. The molecule has 0 atom stereocenters. The molecule has 1 saturated carbocycles. The highest BCUT2D eigenvalue weighted by Crippen LogP contribution is 2.38. The Morgan fingerprint density at radius 2 is 1.59 bits per heavy atom. The molecular formula is C18H29NO2S. The lowest BCUT2D eigenvalue weighted by Gasteiger charge is -2.37. The maximum atomic E-state index is 12.5. The lowest BCUT2D eigenvalue weighted by Crippen LogP contribution is -2.39. The molecule has 0 spiro atoms. The van der Waals surface area contributed by atoms with Gasteiger partial charge < -0.3 is 0 Å². The molecule has 0 radical (unpaired) electrons. The van der Waals surface area contributed by atoms with Crippen molar-refractivity contribution in [1.82, 2.24) is 4.72 Å². The number of rotatable bonds is 3. The topological polar surface area (TPSA) is 46.2 Å². The molecule has 0 amide bonds. The van der Waals surface area contributed by atoms with E-state index in [-0.39, 0.29) is 6.04 Å². The van der Waals surface area contributed by atoms with Crippen molar-refractivity contribution in [2.75, 3.05) is 0 Å². The zero-order valence-corrected chi connectivity index (χ0v) is 15.3. The second-order valence-electron chi connectivity index (χ2n) is 7.78. The maximum Gasteiger partial charge on any atom is 0.240 e. The standard InChI is InChI=1S/C18H29NO2S/c1-13-6-11-17(12-14(13)2)22(20,21)19-16-9-7-15(8-10-16)18(3,4)5/h6,11-12,15-16,19H,7-10H2,1-5H3. The molecule has 0 aromatic heterocycles. The normalized spacial score (nSPS) is 23.5. The average molecular weight is 324 g/mol. The molecule has 0 aliphatic heterocycles. The Morgan fingerprint density at radius 1 is 1.00 bits per heavy atom. The minimum Gasteiger partial charge on any atom is -0.208 e. The van der Waals surface area contributed by atoms with Gasteiger partial charge in [-0.05, 0) is 74.1 Å². The van der Waals surface area contributed by atoms with Gasteiger partial charge in [0.25, 0.3) is 0 Å². The molecule has 22 heavy (non-hydrogen) atoms. The van der Waals surface area contributed by atoms with E-state index < -0.39 is 10.0 Å². The van der Waals surface area contributed by atoms with Crippen molar-refractivity contribution >= 4 is 10.0 Å². The first kappa shape index (κ1) is 17.5. The minimum atomic E-state index is -3.40. The van der Waals surface area contributed by atoms with Crippen LogP contribution in [0.15, 0.2) is 23.1 Å². The van der Waals surface area contributed by atoms with Gasteiger partial charge in [-0.3, -0.25) is 0 Å². The minimum absolute atomic E-state index is 0.0743. The van der Waals surface area contributed by atoms with Crippen molar-refractivity contribution in [3.05, 3.63) is 29.3 Å². The summed E-state index contributed by atoms with van der Waals surface area (Å²) in [6.07, 6.45) is 4.07. The summed E-state index contributed by atoms with van der Waals surface area (Å²) in [7, 11) is -3.40. The summed E-state index contributed by atoms with van der Waals surface area (Å²) in [6, 6.07) is 5.41. The molecule has 1 aliphatic rings. The molecule has 0 saturated heterocycles. The zero-order valence-electron chi connectivity index (χ0n) is 14.4.